The summed E-state index contributed by atoms with van der Waals surface area (Å²) in [5.74, 6) is 0. The summed E-state index contributed by atoms with van der Waals surface area (Å²) >= 11 is 1.28. The van der Waals surface area contributed by atoms with Gasteiger partial charge in [-0.15, -0.1) is 11.3 Å². The summed E-state index contributed by atoms with van der Waals surface area (Å²) in [6.07, 6.45) is -2.66. The van der Waals surface area contributed by atoms with Gasteiger partial charge in [0.2, 0.25) is 0 Å². The minimum Gasteiger partial charge on any atom is -0.383 e. The van der Waals surface area contributed by atoms with Crippen LogP contribution in [-0.2, 0) is 10.9 Å². The standard InChI is InChI=1S/C16H18F3N3O2S/c1-11-10-22(13-6-4-12(5-7-13)16(17,18)19)15(25-11)20-14(23)21(2)8-9-24-3/h4-7,10H,8-9H2,1-3H3. The Kier molecular flexibility index (Phi) is 6.02. The van der Waals surface area contributed by atoms with Crippen molar-refractivity contribution in [1.82, 2.24) is 9.47 Å². The lowest BCUT2D eigenvalue weighted by Crippen LogP contribution is -2.29. The van der Waals surface area contributed by atoms with Gasteiger partial charge < -0.3 is 9.64 Å². The summed E-state index contributed by atoms with van der Waals surface area (Å²) in [7, 11) is 3.14. The Balaban J connectivity index is 2.35. The highest BCUT2D eigenvalue weighted by Gasteiger charge is 2.30. The molecule has 25 heavy (non-hydrogen) atoms. The van der Waals surface area contributed by atoms with Crippen molar-refractivity contribution in [2.45, 2.75) is 13.1 Å². The number of hydrogen-bond donors (Lipinski definition) is 0. The smallest absolute Gasteiger partial charge is 0.383 e. The SMILES string of the molecule is COCCN(C)C(=O)N=c1sc(C)cn1-c1ccc(C(F)(F)F)cc1. The molecule has 0 fully saturated rings. The van der Waals surface area contributed by atoms with Gasteiger partial charge >= 0.3 is 12.2 Å². The second-order valence-corrected chi connectivity index (χ2v) is 6.56. The number of ether oxygens (including phenoxy) is 1. The van der Waals surface area contributed by atoms with Gasteiger partial charge in [0, 0.05) is 37.5 Å². The summed E-state index contributed by atoms with van der Waals surface area (Å²) in [5, 5.41) is 0. The first-order valence-corrected chi connectivity index (χ1v) is 8.19. The Morgan fingerprint density at radius 3 is 2.52 bits per heavy atom. The van der Waals surface area contributed by atoms with Crippen LogP contribution in [0.2, 0.25) is 0 Å². The van der Waals surface area contributed by atoms with Crippen LogP contribution >= 0.6 is 11.3 Å². The summed E-state index contributed by atoms with van der Waals surface area (Å²) in [6, 6.07) is 4.27. The molecule has 0 saturated heterocycles. The highest BCUT2D eigenvalue weighted by molar-refractivity contribution is 7.09. The zero-order valence-electron chi connectivity index (χ0n) is 14.0. The van der Waals surface area contributed by atoms with Crippen molar-refractivity contribution in [3.8, 4) is 5.69 Å². The van der Waals surface area contributed by atoms with E-state index in [1.54, 1.807) is 17.8 Å². The van der Waals surface area contributed by atoms with E-state index in [4.69, 9.17) is 4.74 Å². The minimum atomic E-state index is -4.39. The monoisotopic (exact) mass is 373 g/mol. The molecule has 0 bridgehead atoms. The molecule has 9 heteroatoms. The van der Waals surface area contributed by atoms with Gasteiger partial charge in [-0.1, -0.05) is 0 Å². The van der Waals surface area contributed by atoms with Crippen molar-refractivity contribution in [2.75, 3.05) is 27.3 Å². The van der Waals surface area contributed by atoms with Gasteiger partial charge in [0.05, 0.1) is 12.2 Å². The Morgan fingerprint density at radius 1 is 1.32 bits per heavy atom. The quantitative estimate of drug-likeness (QED) is 0.824. The van der Waals surface area contributed by atoms with E-state index in [0.717, 1.165) is 17.0 Å². The number of carbonyl (C=O) groups excluding carboxylic acids is 1. The molecule has 136 valence electrons. The normalized spacial score (nSPS) is 12.5. The first kappa shape index (κ1) is 19.2. The largest absolute Gasteiger partial charge is 0.416 e. The van der Waals surface area contributed by atoms with Crippen molar-refractivity contribution in [1.29, 1.82) is 0 Å². The van der Waals surface area contributed by atoms with E-state index in [1.807, 2.05) is 6.92 Å². The Labute approximate surface area is 147 Å². The highest BCUT2D eigenvalue weighted by atomic mass is 32.1. The number of thiazole rings is 1. The van der Waals surface area contributed by atoms with Crippen LogP contribution in [-0.4, -0.2) is 42.8 Å². The number of likely N-dealkylation sites (N-methyl/N-ethyl adjacent to an activating group) is 1. The Bertz CT molecular complexity index is 794. The molecule has 0 radical (unpaired) electrons. The molecule has 0 aliphatic heterocycles. The third-order valence-corrected chi connectivity index (χ3v) is 4.29. The zero-order chi connectivity index (χ0) is 18.6. The molecule has 0 aliphatic carbocycles. The number of rotatable bonds is 4. The highest BCUT2D eigenvalue weighted by Crippen LogP contribution is 2.29. The molecule has 0 N–H and O–H groups in total. The van der Waals surface area contributed by atoms with Crippen molar-refractivity contribution in [3.63, 3.8) is 0 Å². The molecular formula is C16H18F3N3O2S. The van der Waals surface area contributed by atoms with E-state index >= 15 is 0 Å². The van der Waals surface area contributed by atoms with Crippen LogP contribution in [0.5, 0.6) is 0 Å². The van der Waals surface area contributed by atoms with Crippen LogP contribution in [0.25, 0.3) is 5.69 Å². The van der Waals surface area contributed by atoms with Crippen LogP contribution in [0.3, 0.4) is 0 Å². The Morgan fingerprint density at radius 2 is 1.96 bits per heavy atom. The first-order valence-electron chi connectivity index (χ1n) is 7.38. The number of methoxy groups -OCH3 is 1. The van der Waals surface area contributed by atoms with Crippen LogP contribution in [0.15, 0.2) is 35.5 Å². The zero-order valence-corrected chi connectivity index (χ0v) is 14.8. The molecule has 0 saturated carbocycles. The first-order chi connectivity index (χ1) is 11.7. The van der Waals surface area contributed by atoms with Gasteiger partial charge in [0.25, 0.3) is 0 Å². The second kappa shape index (κ2) is 7.83. The van der Waals surface area contributed by atoms with Crippen molar-refractivity contribution in [2.24, 2.45) is 4.99 Å². The fourth-order valence-electron chi connectivity index (χ4n) is 2.02. The number of halogens is 3. The van der Waals surface area contributed by atoms with Crippen molar-refractivity contribution >= 4 is 17.4 Å². The second-order valence-electron chi connectivity index (χ2n) is 5.35. The fraction of sp³-hybridized carbons (Fsp3) is 0.375. The molecule has 2 rings (SSSR count). The molecule has 1 heterocycles. The van der Waals surface area contributed by atoms with Crippen LogP contribution in [0, 0.1) is 6.92 Å². The maximum absolute atomic E-state index is 12.7. The predicted molar refractivity (Wildman–Crippen MR) is 88.9 cm³/mol. The van der Waals surface area contributed by atoms with E-state index in [1.165, 1.54) is 35.5 Å². The van der Waals surface area contributed by atoms with Crippen LogP contribution in [0.4, 0.5) is 18.0 Å². The van der Waals surface area contributed by atoms with Gasteiger partial charge in [-0.2, -0.15) is 18.2 Å². The fourth-order valence-corrected chi connectivity index (χ4v) is 2.85. The van der Waals surface area contributed by atoms with Gasteiger partial charge in [-0.25, -0.2) is 4.79 Å². The number of hydrogen-bond acceptors (Lipinski definition) is 3. The van der Waals surface area contributed by atoms with Crippen molar-refractivity contribution in [3.05, 3.63) is 45.7 Å². The lowest BCUT2D eigenvalue weighted by Gasteiger charge is -2.13. The number of benzene rings is 1. The topological polar surface area (TPSA) is 46.8 Å². The lowest BCUT2D eigenvalue weighted by molar-refractivity contribution is -0.137. The van der Waals surface area contributed by atoms with Crippen molar-refractivity contribution < 1.29 is 22.7 Å². The van der Waals surface area contributed by atoms with Gasteiger partial charge in [0.15, 0.2) is 4.80 Å². The molecule has 5 nitrogen and oxygen atoms in total. The van der Waals surface area contributed by atoms with Gasteiger partial charge in [-0.3, -0.25) is 4.57 Å². The minimum absolute atomic E-state index is 0.389. The van der Waals surface area contributed by atoms with Gasteiger partial charge in [-0.05, 0) is 31.2 Å². The average Bonchev–Trinajstić information content (AvgIpc) is 2.92. The molecule has 1 aromatic carbocycles. The maximum Gasteiger partial charge on any atom is 0.416 e. The molecule has 0 atom stereocenters. The number of urea groups is 1. The molecule has 1 aromatic heterocycles. The molecule has 2 amide bonds. The maximum atomic E-state index is 12.7. The Hall–Kier alpha value is -2.13. The molecule has 0 spiro atoms. The summed E-state index contributed by atoms with van der Waals surface area (Å²) in [4.78, 5) is 18.9. The van der Waals surface area contributed by atoms with E-state index in [9.17, 15) is 18.0 Å². The molecule has 0 aliphatic rings. The van der Waals surface area contributed by atoms with Gasteiger partial charge in [0.1, 0.15) is 0 Å². The van der Waals surface area contributed by atoms with E-state index in [0.29, 0.717) is 23.6 Å². The van der Waals surface area contributed by atoms with Crippen LogP contribution in [0.1, 0.15) is 10.4 Å². The summed E-state index contributed by atoms with van der Waals surface area (Å²) in [6.45, 7) is 2.62. The molecule has 0 unspecified atom stereocenters. The third-order valence-electron chi connectivity index (χ3n) is 3.39. The summed E-state index contributed by atoms with van der Waals surface area (Å²) in [5.41, 5.74) is -0.221. The molecular weight excluding hydrogens is 355 g/mol. The number of carbonyl (C=O) groups is 1. The number of amides is 2. The number of alkyl halides is 3. The summed E-state index contributed by atoms with van der Waals surface area (Å²) < 4.78 is 44.6. The number of nitrogens with zero attached hydrogens (tertiary/aromatic N) is 3. The van der Waals surface area contributed by atoms with Crippen LogP contribution < -0.4 is 4.80 Å². The third kappa shape index (κ3) is 4.93. The number of aromatic nitrogens is 1. The van der Waals surface area contributed by atoms with E-state index < -0.39 is 17.8 Å². The average molecular weight is 373 g/mol. The van der Waals surface area contributed by atoms with E-state index in [-0.39, 0.29) is 0 Å². The predicted octanol–water partition coefficient (Wildman–Crippen LogP) is 3.46. The molecule has 2 aromatic rings. The van der Waals surface area contributed by atoms with E-state index in [2.05, 4.69) is 4.99 Å². The number of aryl methyl sites for hydroxylation is 1. The lowest BCUT2D eigenvalue weighted by atomic mass is 10.2.